The number of fused-ring (bicyclic) bond motifs is 1. The summed E-state index contributed by atoms with van der Waals surface area (Å²) in [6.45, 7) is 0. The zero-order chi connectivity index (χ0) is 15.9. The van der Waals surface area contributed by atoms with Crippen LogP contribution in [0.5, 0.6) is 5.75 Å². The van der Waals surface area contributed by atoms with Crippen LogP contribution in [0, 0.1) is 17.1 Å². The minimum atomic E-state index is -4.43. The first-order valence-corrected chi connectivity index (χ1v) is 6.45. The van der Waals surface area contributed by atoms with Gasteiger partial charge in [-0.2, -0.15) is 18.4 Å². The van der Waals surface area contributed by atoms with Crippen molar-refractivity contribution in [2.45, 2.75) is 18.7 Å². The monoisotopic (exact) mass is 307 g/mol. The Balaban J connectivity index is 1.94. The Hall–Kier alpha value is -2.55. The molecule has 2 nitrogen and oxygen atoms in total. The number of hydrogen-bond acceptors (Lipinski definition) is 2. The molecule has 0 aromatic heterocycles. The fraction of sp³-hybridized carbons (Fsp3) is 0.188. The zero-order valence-corrected chi connectivity index (χ0v) is 11.1. The van der Waals surface area contributed by atoms with Crippen molar-refractivity contribution in [2.75, 3.05) is 0 Å². The topological polar surface area (TPSA) is 33.0 Å². The average Bonchev–Trinajstić information content (AvgIpc) is 2.89. The predicted molar refractivity (Wildman–Crippen MR) is 69.6 cm³/mol. The molecule has 2 aromatic rings. The van der Waals surface area contributed by atoms with Crippen molar-refractivity contribution in [3.8, 4) is 11.8 Å². The van der Waals surface area contributed by atoms with E-state index in [-0.39, 0.29) is 17.5 Å². The van der Waals surface area contributed by atoms with Gasteiger partial charge in [0.05, 0.1) is 11.1 Å². The van der Waals surface area contributed by atoms with Crippen molar-refractivity contribution < 1.29 is 22.3 Å². The molecule has 1 heterocycles. The van der Waals surface area contributed by atoms with Crippen molar-refractivity contribution in [1.29, 1.82) is 5.26 Å². The number of ether oxygens (including phenoxy) is 1. The molecule has 1 aliphatic rings. The van der Waals surface area contributed by atoms with Crippen LogP contribution in [-0.4, -0.2) is 0 Å². The van der Waals surface area contributed by atoms with Crippen LogP contribution in [0.15, 0.2) is 36.4 Å². The Kier molecular flexibility index (Phi) is 3.28. The molecule has 3 rings (SSSR count). The smallest absolute Gasteiger partial charge is 0.416 e. The maximum absolute atomic E-state index is 14.1. The first kappa shape index (κ1) is 14.4. The molecule has 22 heavy (non-hydrogen) atoms. The van der Waals surface area contributed by atoms with E-state index in [0.29, 0.717) is 11.3 Å². The third-order valence-electron chi connectivity index (χ3n) is 3.56. The fourth-order valence-electron chi connectivity index (χ4n) is 2.48. The summed E-state index contributed by atoms with van der Waals surface area (Å²) in [5.41, 5.74) is -0.333. The Morgan fingerprint density at radius 3 is 2.64 bits per heavy atom. The van der Waals surface area contributed by atoms with E-state index in [1.807, 2.05) is 0 Å². The van der Waals surface area contributed by atoms with E-state index in [1.54, 1.807) is 6.07 Å². The standard InChI is InChI=1S/C16H9F4NO/c17-15-9(8-21)2-1-3-12(15)14-7-10-6-11(16(18,19)20)4-5-13(10)22-14/h1-6,14H,7H2. The molecule has 0 radical (unpaired) electrons. The molecule has 112 valence electrons. The lowest BCUT2D eigenvalue weighted by molar-refractivity contribution is -0.137. The molecule has 0 amide bonds. The first-order valence-electron chi connectivity index (χ1n) is 6.45. The van der Waals surface area contributed by atoms with Crippen LogP contribution in [0.2, 0.25) is 0 Å². The molecular formula is C16H9F4NO. The maximum Gasteiger partial charge on any atom is 0.416 e. The van der Waals surface area contributed by atoms with Gasteiger partial charge in [0.15, 0.2) is 0 Å². The number of halogens is 4. The Bertz CT molecular complexity index is 777. The van der Waals surface area contributed by atoms with E-state index >= 15 is 0 Å². The van der Waals surface area contributed by atoms with Gasteiger partial charge in [0.25, 0.3) is 0 Å². The van der Waals surface area contributed by atoms with Crippen LogP contribution in [0.1, 0.15) is 28.4 Å². The summed E-state index contributed by atoms with van der Waals surface area (Å²) in [6.07, 6.45) is -5.03. The second-order valence-corrected chi connectivity index (χ2v) is 4.95. The van der Waals surface area contributed by atoms with Gasteiger partial charge in [-0.15, -0.1) is 0 Å². The number of nitriles is 1. The Labute approximate surface area is 123 Å². The van der Waals surface area contributed by atoms with Gasteiger partial charge in [-0.3, -0.25) is 0 Å². The lowest BCUT2D eigenvalue weighted by Crippen LogP contribution is -2.07. The van der Waals surface area contributed by atoms with Gasteiger partial charge in [0.2, 0.25) is 0 Å². The second kappa shape index (κ2) is 5.02. The van der Waals surface area contributed by atoms with E-state index in [1.165, 1.54) is 24.3 Å². The lowest BCUT2D eigenvalue weighted by Gasteiger charge is -2.12. The van der Waals surface area contributed by atoms with E-state index in [9.17, 15) is 17.6 Å². The minimum absolute atomic E-state index is 0.118. The molecular weight excluding hydrogens is 298 g/mol. The highest BCUT2D eigenvalue weighted by molar-refractivity contribution is 5.44. The van der Waals surface area contributed by atoms with Crippen molar-refractivity contribution >= 4 is 0 Å². The summed E-state index contributed by atoms with van der Waals surface area (Å²) in [4.78, 5) is 0. The third kappa shape index (κ3) is 2.39. The van der Waals surface area contributed by atoms with E-state index in [0.717, 1.165) is 12.1 Å². The quantitative estimate of drug-likeness (QED) is 0.732. The molecule has 2 aromatic carbocycles. The van der Waals surface area contributed by atoms with E-state index < -0.39 is 23.7 Å². The molecule has 1 atom stereocenters. The zero-order valence-electron chi connectivity index (χ0n) is 11.1. The first-order chi connectivity index (χ1) is 10.4. The number of rotatable bonds is 1. The normalized spacial score (nSPS) is 16.8. The number of benzene rings is 2. The summed E-state index contributed by atoms with van der Waals surface area (Å²) in [5.74, 6) is -0.390. The van der Waals surface area contributed by atoms with Crippen LogP contribution in [0.25, 0.3) is 0 Å². The van der Waals surface area contributed by atoms with Crippen LogP contribution in [0.4, 0.5) is 17.6 Å². The summed E-state index contributed by atoms with van der Waals surface area (Å²) >= 11 is 0. The Morgan fingerprint density at radius 2 is 1.95 bits per heavy atom. The molecule has 0 N–H and O–H groups in total. The molecule has 0 spiro atoms. The molecule has 0 fully saturated rings. The minimum Gasteiger partial charge on any atom is -0.485 e. The van der Waals surface area contributed by atoms with Crippen LogP contribution >= 0.6 is 0 Å². The molecule has 1 unspecified atom stereocenters. The van der Waals surface area contributed by atoms with Crippen molar-refractivity contribution in [3.05, 3.63) is 64.5 Å². The van der Waals surface area contributed by atoms with E-state index in [4.69, 9.17) is 10.00 Å². The number of alkyl halides is 3. The predicted octanol–water partition coefficient (Wildman–Crippen LogP) is 4.39. The fourth-order valence-corrected chi connectivity index (χ4v) is 2.48. The molecule has 0 aliphatic carbocycles. The maximum atomic E-state index is 14.1. The molecule has 0 bridgehead atoms. The van der Waals surface area contributed by atoms with Crippen molar-refractivity contribution in [2.24, 2.45) is 0 Å². The highest BCUT2D eigenvalue weighted by Crippen LogP contribution is 2.40. The second-order valence-electron chi connectivity index (χ2n) is 4.95. The summed E-state index contributed by atoms with van der Waals surface area (Å²) in [5, 5.41) is 8.83. The third-order valence-corrected chi connectivity index (χ3v) is 3.56. The van der Waals surface area contributed by atoms with Gasteiger partial charge in [-0.1, -0.05) is 12.1 Å². The van der Waals surface area contributed by atoms with Crippen LogP contribution < -0.4 is 4.74 Å². The summed E-state index contributed by atoms with van der Waals surface area (Å²) in [7, 11) is 0. The highest BCUT2D eigenvalue weighted by atomic mass is 19.4. The van der Waals surface area contributed by atoms with Gasteiger partial charge >= 0.3 is 6.18 Å². The number of nitrogens with zero attached hydrogens (tertiary/aromatic N) is 1. The van der Waals surface area contributed by atoms with Gasteiger partial charge in [-0.25, -0.2) is 4.39 Å². The van der Waals surface area contributed by atoms with Gasteiger partial charge in [0, 0.05) is 12.0 Å². The summed E-state index contributed by atoms with van der Waals surface area (Å²) < 4.78 is 57.8. The summed E-state index contributed by atoms with van der Waals surface area (Å²) in [6, 6.07) is 9.24. The number of hydrogen-bond donors (Lipinski definition) is 0. The molecule has 6 heteroatoms. The van der Waals surface area contributed by atoms with E-state index in [2.05, 4.69) is 0 Å². The lowest BCUT2D eigenvalue weighted by atomic mass is 10.00. The largest absolute Gasteiger partial charge is 0.485 e. The van der Waals surface area contributed by atoms with Crippen LogP contribution in [-0.2, 0) is 12.6 Å². The van der Waals surface area contributed by atoms with Crippen molar-refractivity contribution in [3.63, 3.8) is 0 Å². The molecule has 0 saturated heterocycles. The van der Waals surface area contributed by atoms with Gasteiger partial charge in [0.1, 0.15) is 23.7 Å². The van der Waals surface area contributed by atoms with Crippen molar-refractivity contribution in [1.82, 2.24) is 0 Å². The highest BCUT2D eigenvalue weighted by Gasteiger charge is 2.34. The Morgan fingerprint density at radius 1 is 1.18 bits per heavy atom. The van der Waals surface area contributed by atoms with Gasteiger partial charge < -0.3 is 4.74 Å². The average molecular weight is 307 g/mol. The SMILES string of the molecule is N#Cc1cccc(C2Cc3cc(C(F)(F)F)ccc3O2)c1F. The van der Waals surface area contributed by atoms with Gasteiger partial charge in [-0.05, 0) is 29.8 Å². The van der Waals surface area contributed by atoms with Crippen LogP contribution in [0.3, 0.4) is 0 Å². The molecule has 1 aliphatic heterocycles. The molecule has 0 saturated carbocycles.